The molecule has 0 bridgehead atoms. The molecule has 3 rings (SSSR count). The highest BCUT2D eigenvalue weighted by atomic mass is 16.5. The van der Waals surface area contributed by atoms with Crippen molar-refractivity contribution >= 4 is 11.9 Å². The van der Waals surface area contributed by atoms with Gasteiger partial charge in [-0.25, -0.2) is 4.79 Å². The van der Waals surface area contributed by atoms with Crippen LogP contribution in [0.25, 0.3) is 0 Å². The highest BCUT2D eigenvalue weighted by molar-refractivity contribution is 5.80. The number of nitrogens with zero attached hydrogens (tertiary/aromatic N) is 3. The minimum atomic E-state index is -1.29. The molecule has 0 aliphatic carbocycles. The summed E-state index contributed by atoms with van der Waals surface area (Å²) in [7, 11) is 0. The second kappa shape index (κ2) is 7.59. The maximum atomic E-state index is 12.4. The third-order valence-corrected chi connectivity index (χ3v) is 4.83. The third kappa shape index (κ3) is 3.87. The molecular weight excluding hydrogens is 334 g/mol. The Labute approximate surface area is 152 Å². The topological polar surface area (TPSA) is 84.7 Å². The van der Waals surface area contributed by atoms with Crippen molar-refractivity contribution in [2.45, 2.75) is 38.3 Å². The number of piperidine rings is 1. The predicted octanol–water partition coefficient (Wildman–Crippen LogP) is 2.11. The van der Waals surface area contributed by atoms with Gasteiger partial charge in [-0.2, -0.15) is 5.10 Å². The summed E-state index contributed by atoms with van der Waals surface area (Å²) in [5.41, 5.74) is -0.393. The lowest BCUT2D eigenvalue weighted by molar-refractivity contribution is -0.161. The molecule has 1 amide bonds. The lowest BCUT2D eigenvalue weighted by atomic mass is 9.90. The molecule has 1 aliphatic heterocycles. The number of hydrogen-bond acceptors (Lipinski definition) is 4. The van der Waals surface area contributed by atoms with E-state index < -0.39 is 11.6 Å². The number of rotatable bonds is 6. The summed E-state index contributed by atoms with van der Waals surface area (Å²) in [6.45, 7) is 3.15. The van der Waals surface area contributed by atoms with Crippen LogP contribution in [0.4, 0.5) is 0 Å². The lowest BCUT2D eigenvalue weighted by Crippen LogP contribution is -2.54. The number of aliphatic carboxylic acids is 1. The number of aromatic nitrogens is 2. The number of ether oxygens (including phenoxy) is 1. The molecule has 7 nitrogen and oxygen atoms in total. The van der Waals surface area contributed by atoms with Gasteiger partial charge >= 0.3 is 5.97 Å². The molecule has 1 aromatic heterocycles. The van der Waals surface area contributed by atoms with Gasteiger partial charge in [0, 0.05) is 51.3 Å². The number of carboxylic acid groups (broad SMARTS) is 1. The zero-order valence-corrected chi connectivity index (χ0v) is 14.8. The van der Waals surface area contributed by atoms with E-state index in [4.69, 9.17) is 4.74 Å². The summed E-state index contributed by atoms with van der Waals surface area (Å²) in [6.07, 6.45) is 4.37. The summed E-state index contributed by atoms with van der Waals surface area (Å²) < 4.78 is 7.64. The van der Waals surface area contributed by atoms with E-state index in [1.54, 1.807) is 21.8 Å². The van der Waals surface area contributed by atoms with Crippen molar-refractivity contribution in [3.63, 3.8) is 0 Å². The Balaban J connectivity index is 1.61. The van der Waals surface area contributed by atoms with E-state index in [2.05, 4.69) is 5.10 Å². The van der Waals surface area contributed by atoms with Crippen molar-refractivity contribution in [3.8, 4) is 5.75 Å². The van der Waals surface area contributed by atoms with Gasteiger partial charge in [0.2, 0.25) is 11.5 Å². The van der Waals surface area contributed by atoms with Crippen LogP contribution in [0.15, 0.2) is 42.7 Å². The van der Waals surface area contributed by atoms with Gasteiger partial charge in [-0.05, 0) is 24.6 Å². The summed E-state index contributed by atoms with van der Waals surface area (Å²) in [6, 6.07) is 9.19. The molecule has 0 saturated carbocycles. The number of likely N-dealkylation sites (tertiary alicyclic amines) is 1. The standard InChI is InChI=1S/C19H23N3O4/c1-15-5-2-3-6-16(15)26-19(18(24)25)8-13-21(14-9-19)17(23)7-12-22-11-4-10-20-22/h2-6,10-11H,7-9,12-14H2,1H3,(H,24,25). The molecule has 1 aromatic carbocycles. The first-order valence-corrected chi connectivity index (χ1v) is 8.73. The average Bonchev–Trinajstić information content (AvgIpc) is 3.16. The van der Waals surface area contributed by atoms with Gasteiger partial charge in [-0.15, -0.1) is 0 Å². The first-order chi connectivity index (χ1) is 12.5. The fraction of sp³-hybridized carbons (Fsp3) is 0.421. The van der Waals surface area contributed by atoms with E-state index in [1.165, 1.54) is 0 Å². The molecule has 1 fully saturated rings. The van der Waals surface area contributed by atoms with E-state index >= 15 is 0 Å². The highest BCUT2D eigenvalue weighted by Crippen LogP contribution is 2.31. The maximum absolute atomic E-state index is 12.4. The van der Waals surface area contributed by atoms with E-state index in [-0.39, 0.29) is 18.7 Å². The number of amides is 1. The van der Waals surface area contributed by atoms with Crippen LogP contribution in [0.1, 0.15) is 24.8 Å². The molecule has 0 radical (unpaired) electrons. The van der Waals surface area contributed by atoms with E-state index in [1.807, 2.05) is 37.4 Å². The van der Waals surface area contributed by atoms with Gasteiger partial charge in [0.25, 0.3) is 0 Å². The number of carboxylic acids is 1. The molecule has 2 heterocycles. The van der Waals surface area contributed by atoms with Crippen LogP contribution >= 0.6 is 0 Å². The molecule has 26 heavy (non-hydrogen) atoms. The molecule has 0 spiro atoms. The fourth-order valence-corrected chi connectivity index (χ4v) is 3.16. The molecule has 0 unspecified atom stereocenters. The lowest BCUT2D eigenvalue weighted by Gasteiger charge is -2.39. The molecule has 1 N–H and O–H groups in total. The largest absolute Gasteiger partial charge is 0.478 e. The maximum Gasteiger partial charge on any atom is 0.348 e. The van der Waals surface area contributed by atoms with E-state index in [0.29, 0.717) is 31.8 Å². The molecule has 1 saturated heterocycles. The second-order valence-electron chi connectivity index (χ2n) is 6.57. The molecule has 0 atom stereocenters. The predicted molar refractivity (Wildman–Crippen MR) is 94.8 cm³/mol. The van der Waals surface area contributed by atoms with Crippen molar-refractivity contribution in [1.29, 1.82) is 0 Å². The molecular formula is C19H23N3O4. The first-order valence-electron chi connectivity index (χ1n) is 8.73. The smallest absolute Gasteiger partial charge is 0.348 e. The average molecular weight is 357 g/mol. The Morgan fingerprint density at radius 2 is 1.96 bits per heavy atom. The van der Waals surface area contributed by atoms with Crippen molar-refractivity contribution in [3.05, 3.63) is 48.3 Å². The quantitative estimate of drug-likeness (QED) is 0.856. The fourth-order valence-electron chi connectivity index (χ4n) is 3.16. The molecule has 138 valence electrons. The minimum absolute atomic E-state index is 0.00961. The van der Waals surface area contributed by atoms with Crippen molar-refractivity contribution < 1.29 is 19.4 Å². The van der Waals surface area contributed by atoms with Crippen LogP contribution in [0, 0.1) is 6.92 Å². The number of aryl methyl sites for hydroxylation is 2. The van der Waals surface area contributed by atoms with E-state index in [0.717, 1.165) is 5.56 Å². The van der Waals surface area contributed by atoms with Gasteiger partial charge in [0.15, 0.2) is 0 Å². The van der Waals surface area contributed by atoms with Gasteiger partial charge in [0.1, 0.15) is 5.75 Å². The first kappa shape index (κ1) is 18.0. The monoisotopic (exact) mass is 357 g/mol. The van der Waals surface area contributed by atoms with Crippen LogP contribution in [0.2, 0.25) is 0 Å². The summed E-state index contributed by atoms with van der Waals surface area (Å²) >= 11 is 0. The Kier molecular flexibility index (Phi) is 5.25. The Morgan fingerprint density at radius 3 is 2.58 bits per heavy atom. The number of carbonyl (C=O) groups is 2. The van der Waals surface area contributed by atoms with E-state index in [9.17, 15) is 14.7 Å². The zero-order chi connectivity index (χ0) is 18.6. The van der Waals surface area contributed by atoms with Crippen molar-refractivity contribution in [2.24, 2.45) is 0 Å². The van der Waals surface area contributed by atoms with Crippen LogP contribution < -0.4 is 4.74 Å². The molecule has 1 aliphatic rings. The number of hydrogen-bond donors (Lipinski definition) is 1. The summed E-state index contributed by atoms with van der Waals surface area (Å²) in [4.78, 5) is 26.0. The summed E-state index contributed by atoms with van der Waals surface area (Å²) in [5, 5.41) is 13.8. The normalized spacial score (nSPS) is 16.3. The van der Waals surface area contributed by atoms with Crippen LogP contribution in [0.3, 0.4) is 0 Å². The van der Waals surface area contributed by atoms with Gasteiger partial charge in [-0.1, -0.05) is 18.2 Å². The molecule has 2 aromatic rings. The Bertz CT molecular complexity index is 765. The Hall–Kier alpha value is -2.83. The van der Waals surface area contributed by atoms with Gasteiger partial charge in [-0.3, -0.25) is 9.48 Å². The van der Waals surface area contributed by atoms with Crippen LogP contribution in [-0.2, 0) is 16.1 Å². The SMILES string of the molecule is Cc1ccccc1OC1(C(=O)O)CCN(C(=O)CCn2cccn2)CC1. The number of benzene rings is 1. The third-order valence-electron chi connectivity index (χ3n) is 4.83. The Morgan fingerprint density at radius 1 is 1.23 bits per heavy atom. The molecule has 7 heteroatoms. The highest BCUT2D eigenvalue weighted by Gasteiger charge is 2.45. The second-order valence-corrected chi connectivity index (χ2v) is 6.57. The van der Waals surface area contributed by atoms with Gasteiger partial charge < -0.3 is 14.7 Å². The van der Waals surface area contributed by atoms with Crippen LogP contribution in [0.5, 0.6) is 5.75 Å². The number of carbonyl (C=O) groups excluding carboxylic acids is 1. The number of para-hydroxylation sites is 1. The summed E-state index contributed by atoms with van der Waals surface area (Å²) in [5.74, 6) is -0.395. The van der Waals surface area contributed by atoms with Crippen LogP contribution in [-0.4, -0.2) is 50.4 Å². The van der Waals surface area contributed by atoms with Crippen molar-refractivity contribution in [1.82, 2.24) is 14.7 Å². The minimum Gasteiger partial charge on any atom is -0.478 e. The van der Waals surface area contributed by atoms with Crippen molar-refractivity contribution in [2.75, 3.05) is 13.1 Å². The zero-order valence-electron chi connectivity index (χ0n) is 14.8. The van der Waals surface area contributed by atoms with Gasteiger partial charge in [0.05, 0.1) is 0 Å².